The van der Waals surface area contributed by atoms with Crippen LogP contribution in [0, 0.1) is 6.92 Å². The third-order valence-electron chi connectivity index (χ3n) is 4.06. The zero-order valence-electron chi connectivity index (χ0n) is 12.3. The van der Waals surface area contributed by atoms with E-state index in [9.17, 15) is 19.5 Å². The maximum absolute atomic E-state index is 12.2. The van der Waals surface area contributed by atoms with Crippen LogP contribution in [0.3, 0.4) is 0 Å². The molecule has 0 unspecified atom stereocenters. The van der Waals surface area contributed by atoms with Gasteiger partial charge in [-0.25, -0.2) is 4.79 Å². The van der Waals surface area contributed by atoms with Crippen molar-refractivity contribution in [2.75, 3.05) is 0 Å². The van der Waals surface area contributed by atoms with Gasteiger partial charge >= 0.3 is 5.97 Å². The lowest BCUT2D eigenvalue weighted by Gasteiger charge is -2.43. The van der Waals surface area contributed by atoms with Crippen molar-refractivity contribution < 1.29 is 23.9 Å². The highest BCUT2D eigenvalue weighted by atomic mass is 32.2. The van der Waals surface area contributed by atoms with Crippen molar-refractivity contribution >= 4 is 29.5 Å². The standard InChI is InChI=1S/C14H16N2O5S/c1-6-7(4-5-21-6)10(17)15-8-11(18)16-9(13(19)20)14(2,3)22-12(8)16/h4-5,8-9,12H,1-3H3,(H,15,17)(H,19,20)/t8-,9-,12+/m0/s1. The number of fused-ring (bicyclic) bond motifs is 1. The molecule has 0 saturated carbocycles. The Kier molecular flexibility index (Phi) is 3.24. The van der Waals surface area contributed by atoms with Crippen LogP contribution in [-0.4, -0.2) is 50.0 Å². The van der Waals surface area contributed by atoms with E-state index in [1.54, 1.807) is 20.8 Å². The van der Waals surface area contributed by atoms with Crippen LogP contribution in [0.15, 0.2) is 16.7 Å². The maximum atomic E-state index is 12.2. The topological polar surface area (TPSA) is 99.9 Å². The fraction of sp³-hybridized carbons (Fsp3) is 0.500. The number of aliphatic carboxylic acids is 1. The van der Waals surface area contributed by atoms with Crippen LogP contribution in [-0.2, 0) is 9.59 Å². The molecular weight excluding hydrogens is 308 g/mol. The number of furan rings is 1. The third-order valence-corrected chi connectivity index (χ3v) is 5.64. The highest BCUT2D eigenvalue weighted by Crippen LogP contribution is 2.50. The highest BCUT2D eigenvalue weighted by molar-refractivity contribution is 8.01. The summed E-state index contributed by atoms with van der Waals surface area (Å²) >= 11 is 1.40. The van der Waals surface area contributed by atoms with Crippen molar-refractivity contribution in [1.29, 1.82) is 0 Å². The van der Waals surface area contributed by atoms with Gasteiger partial charge in [0.2, 0.25) is 5.91 Å². The number of rotatable bonds is 3. The van der Waals surface area contributed by atoms with Gasteiger partial charge in [0.05, 0.1) is 11.8 Å². The molecule has 2 aliphatic heterocycles. The Morgan fingerprint density at radius 2 is 2.14 bits per heavy atom. The molecule has 1 aromatic rings. The van der Waals surface area contributed by atoms with E-state index >= 15 is 0 Å². The molecule has 8 heteroatoms. The minimum Gasteiger partial charge on any atom is -0.480 e. The zero-order chi connectivity index (χ0) is 16.2. The molecule has 2 saturated heterocycles. The minimum absolute atomic E-state index is 0.347. The van der Waals surface area contributed by atoms with E-state index in [-0.39, 0.29) is 17.2 Å². The molecule has 0 bridgehead atoms. The third kappa shape index (κ3) is 2.01. The summed E-state index contributed by atoms with van der Waals surface area (Å²) in [7, 11) is 0. The second kappa shape index (κ2) is 4.77. The molecule has 118 valence electrons. The average molecular weight is 324 g/mol. The highest BCUT2D eigenvalue weighted by Gasteiger charge is 2.64. The number of carbonyl (C=O) groups is 3. The van der Waals surface area contributed by atoms with E-state index in [0.717, 1.165) is 0 Å². The lowest BCUT2D eigenvalue weighted by molar-refractivity contribution is -0.159. The summed E-state index contributed by atoms with van der Waals surface area (Å²) in [5, 5.41) is 11.7. The predicted molar refractivity (Wildman–Crippen MR) is 78.4 cm³/mol. The van der Waals surface area contributed by atoms with E-state index in [2.05, 4.69) is 5.32 Å². The van der Waals surface area contributed by atoms with Crippen LogP contribution in [0.4, 0.5) is 0 Å². The first-order chi connectivity index (χ1) is 10.2. The first kappa shape index (κ1) is 15.0. The van der Waals surface area contributed by atoms with Crippen LogP contribution in [0.2, 0.25) is 0 Å². The lowest BCUT2D eigenvalue weighted by atomic mass is 9.96. The number of nitrogens with zero attached hydrogens (tertiary/aromatic N) is 1. The Labute approximate surface area is 131 Å². The summed E-state index contributed by atoms with van der Waals surface area (Å²) in [5.74, 6) is -1.29. The number of carboxylic acid groups (broad SMARTS) is 1. The summed E-state index contributed by atoms with van der Waals surface area (Å²) in [5.41, 5.74) is 0.378. The maximum Gasteiger partial charge on any atom is 0.327 e. The smallest absolute Gasteiger partial charge is 0.327 e. The molecule has 0 aliphatic carbocycles. The largest absolute Gasteiger partial charge is 0.480 e. The summed E-state index contributed by atoms with van der Waals surface area (Å²) < 4.78 is 4.47. The number of hydrogen-bond donors (Lipinski definition) is 2. The van der Waals surface area contributed by atoms with Crippen LogP contribution in [0.5, 0.6) is 0 Å². The van der Waals surface area contributed by atoms with Crippen molar-refractivity contribution in [2.24, 2.45) is 0 Å². The van der Waals surface area contributed by atoms with Gasteiger partial charge < -0.3 is 19.7 Å². The van der Waals surface area contributed by atoms with Crippen molar-refractivity contribution in [3.63, 3.8) is 0 Å². The average Bonchev–Trinajstić information content (AvgIpc) is 2.95. The van der Waals surface area contributed by atoms with Crippen molar-refractivity contribution in [1.82, 2.24) is 10.2 Å². The van der Waals surface area contributed by atoms with E-state index in [1.165, 1.54) is 29.0 Å². The molecule has 0 radical (unpaired) electrons. The summed E-state index contributed by atoms with van der Waals surface area (Å²) in [4.78, 5) is 37.2. The number of nitrogens with one attached hydrogen (secondary N) is 1. The Morgan fingerprint density at radius 1 is 1.45 bits per heavy atom. The van der Waals surface area contributed by atoms with Gasteiger partial charge in [0.1, 0.15) is 23.2 Å². The van der Waals surface area contributed by atoms with Crippen molar-refractivity contribution in [3.8, 4) is 0 Å². The molecule has 0 spiro atoms. The molecule has 2 N–H and O–H groups in total. The molecule has 0 aromatic carbocycles. The van der Waals surface area contributed by atoms with Gasteiger partial charge in [-0.1, -0.05) is 0 Å². The van der Waals surface area contributed by atoms with E-state index < -0.39 is 22.8 Å². The molecule has 7 nitrogen and oxygen atoms in total. The Morgan fingerprint density at radius 3 is 2.68 bits per heavy atom. The number of amides is 2. The van der Waals surface area contributed by atoms with Crippen molar-refractivity contribution in [3.05, 3.63) is 23.7 Å². The minimum atomic E-state index is -1.02. The summed E-state index contributed by atoms with van der Waals surface area (Å²) in [6, 6.07) is -0.0357. The summed E-state index contributed by atoms with van der Waals surface area (Å²) in [6.07, 6.45) is 1.41. The Hall–Kier alpha value is -1.96. The zero-order valence-corrected chi connectivity index (χ0v) is 13.1. The second-order valence-electron chi connectivity index (χ2n) is 5.94. The summed E-state index contributed by atoms with van der Waals surface area (Å²) in [6.45, 7) is 5.25. The van der Waals surface area contributed by atoms with Crippen LogP contribution >= 0.6 is 11.8 Å². The fourth-order valence-corrected chi connectivity index (χ4v) is 4.61. The van der Waals surface area contributed by atoms with E-state index in [0.29, 0.717) is 11.3 Å². The van der Waals surface area contributed by atoms with E-state index in [4.69, 9.17) is 4.42 Å². The quantitative estimate of drug-likeness (QED) is 0.799. The van der Waals surface area contributed by atoms with Gasteiger partial charge in [-0.2, -0.15) is 0 Å². The van der Waals surface area contributed by atoms with E-state index in [1.807, 2.05) is 0 Å². The first-order valence-electron chi connectivity index (χ1n) is 6.82. The predicted octanol–water partition coefficient (Wildman–Crippen LogP) is 0.833. The molecule has 1 aromatic heterocycles. The van der Waals surface area contributed by atoms with Gasteiger partial charge in [0.25, 0.3) is 5.91 Å². The number of carbonyl (C=O) groups excluding carboxylic acids is 2. The number of aryl methyl sites for hydroxylation is 1. The number of β-lactam (4-membered cyclic amide) rings is 1. The molecule has 2 amide bonds. The molecule has 3 heterocycles. The second-order valence-corrected chi connectivity index (χ2v) is 7.71. The van der Waals surface area contributed by atoms with Gasteiger partial charge in [-0.3, -0.25) is 9.59 Å². The van der Waals surface area contributed by atoms with Crippen LogP contribution < -0.4 is 5.32 Å². The molecule has 22 heavy (non-hydrogen) atoms. The molecular formula is C14H16N2O5S. The monoisotopic (exact) mass is 324 g/mol. The fourth-order valence-electron chi connectivity index (χ4n) is 2.98. The Balaban J connectivity index is 1.77. The number of thioether (sulfide) groups is 1. The van der Waals surface area contributed by atoms with Gasteiger partial charge in [0.15, 0.2) is 0 Å². The molecule has 3 rings (SSSR count). The molecule has 3 atom stereocenters. The first-order valence-corrected chi connectivity index (χ1v) is 7.70. The van der Waals surface area contributed by atoms with Crippen LogP contribution in [0.25, 0.3) is 0 Å². The van der Waals surface area contributed by atoms with Crippen LogP contribution in [0.1, 0.15) is 30.0 Å². The van der Waals surface area contributed by atoms with Gasteiger partial charge in [-0.05, 0) is 26.8 Å². The van der Waals surface area contributed by atoms with Crippen molar-refractivity contribution in [2.45, 2.75) is 43.0 Å². The molecule has 2 fully saturated rings. The lowest BCUT2D eigenvalue weighted by Crippen LogP contribution is -2.70. The van der Waals surface area contributed by atoms with Gasteiger partial charge in [0, 0.05) is 4.75 Å². The normalized spacial score (nSPS) is 29.0. The SMILES string of the molecule is Cc1occc1C(=O)N[C@H]1C(=O)N2[C@@H]1SC(C)(C)[C@@H]2C(=O)O. The number of hydrogen-bond acceptors (Lipinski definition) is 5. The Bertz CT molecular complexity index is 668. The van der Waals surface area contributed by atoms with Gasteiger partial charge in [-0.15, -0.1) is 11.8 Å². The molecule has 2 aliphatic rings. The number of carboxylic acids is 1.